The second kappa shape index (κ2) is 8.37. The maximum Gasteiger partial charge on any atom is 0.305 e. The van der Waals surface area contributed by atoms with E-state index in [1.807, 2.05) is 18.2 Å². The van der Waals surface area contributed by atoms with Crippen LogP contribution in [0.3, 0.4) is 0 Å². The molecule has 2 N–H and O–H groups in total. The SMILES string of the molecule is COC(=O)CCCCC(N)c1cc(I)ccc1OC. The number of benzene rings is 1. The highest BCUT2D eigenvalue weighted by atomic mass is 127. The van der Waals surface area contributed by atoms with Gasteiger partial charge >= 0.3 is 5.97 Å². The summed E-state index contributed by atoms with van der Waals surface area (Å²) in [4.78, 5) is 11.0. The van der Waals surface area contributed by atoms with Crippen LogP contribution in [0.5, 0.6) is 5.75 Å². The number of hydrogen-bond donors (Lipinski definition) is 1. The Hall–Kier alpha value is -0.820. The molecule has 0 saturated carbocycles. The van der Waals surface area contributed by atoms with Crippen LogP contribution in [0.25, 0.3) is 0 Å². The summed E-state index contributed by atoms with van der Waals surface area (Å²) in [6.45, 7) is 0. The van der Waals surface area contributed by atoms with Crippen molar-refractivity contribution < 1.29 is 14.3 Å². The summed E-state index contributed by atoms with van der Waals surface area (Å²) in [6, 6.07) is 5.91. The minimum atomic E-state index is -0.166. The molecule has 0 heterocycles. The molecule has 5 heteroatoms. The van der Waals surface area contributed by atoms with Gasteiger partial charge in [0.1, 0.15) is 5.75 Å². The second-order valence-electron chi connectivity index (χ2n) is 4.31. The minimum Gasteiger partial charge on any atom is -0.496 e. The molecule has 0 aliphatic rings. The fourth-order valence-electron chi connectivity index (χ4n) is 1.89. The molecule has 1 rings (SSSR count). The smallest absolute Gasteiger partial charge is 0.305 e. The van der Waals surface area contributed by atoms with Gasteiger partial charge in [-0.2, -0.15) is 0 Å². The quantitative estimate of drug-likeness (QED) is 0.451. The topological polar surface area (TPSA) is 61.5 Å². The van der Waals surface area contributed by atoms with E-state index in [9.17, 15) is 4.79 Å². The standard InChI is InChI=1S/C14H20INO3/c1-18-13-8-7-10(15)9-11(13)12(16)5-3-4-6-14(17)19-2/h7-9,12H,3-6,16H2,1-2H3. The first kappa shape index (κ1) is 16.2. The van der Waals surface area contributed by atoms with Gasteiger partial charge in [0.05, 0.1) is 14.2 Å². The fraction of sp³-hybridized carbons (Fsp3) is 0.500. The van der Waals surface area contributed by atoms with E-state index in [1.165, 1.54) is 7.11 Å². The Labute approximate surface area is 127 Å². The lowest BCUT2D eigenvalue weighted by Crippen LogP contribution is -2.12. The predicted octanol–water partition coefficient (Wildman–Crippen LogP) is 3.03. The monoisotopic (exact) mass is 377 g/mol. The predicted molar refractivity (Wildman–Crippen MR) is 83.1 cm³/mol. The third kappa shape index (κ3) is 5.36. The zero-order valence-electron chi connectivity index (χ0n) is 11.3. The van der Waals surface area contributed by atoms with Crippen LogP contribution < -0.4 is 10.5 Å². The summed E-state index contributed by atoms with van der Waals surface area (Å²) >= 11 is 2.26. The summed E-state index contributed by atoms with van der Waals surface area (Å²) < 4.78 is 11.1. The third-order valence-corrected chi connectivity index (χ3v) is 3.64. The third-order valence-electron chi connectivity index (χ3n) is 2.96. The number of methoxy groups -OCH3 is 2. The van der Waals surface area contributed by atoms with Crippen molar-refractivity contribution in [3.05, 3.63) is 27.3 Å². The molecule has 4 nitrogen and oxygen atoms in total. The Kier molecular flexibility index (Phi) is 7.15. The first-order valence-electron chi connectivity index (χ1n) is 6.24. The normalized spacial score (nSPS) is 12.0. The zero-order valence-corrected chi connectivity index (χ0v) is 13.5. The molecular formula is C14H20INO3. The van der Waals surface area contributed by atoms with E-state index in [1.54, 1.807) is 7.11 Å². The van der Waals surface area contributed by atoms with E-state index < -0.39 is 0 Å². The molecule has 0 amide bonds. The van der Waals surface area contributed by atoms with Crippen molar-refractivity contribution >= 4 is 28.6 Å². The molecule has 0 aliphatic heterocycles. The lowest BCUT2D eigenvalue weighted by atomic mass is 10.0. The van der Waals surface area contributed by atoms with E-state index in [2.05, 4.69) is 27.3 Å². The molecule has 0 aliphatic carbocycles. The molecular weight excluding hydrogens is 357 g/mol. The van der Waals surface area contributed by atoms with Crippen LogP contribution in [-0.2, 0) is 9.53 Å². The Morgan fingerprint density at radius 3 is 2.74 bits per heavy atom. The fourth-order valence-corrected chi connectivity index (χ4v) is 2.40. The summed E-state index contributed by atoms with van der Waals surface area (Å²) in [5.74, 6) is 0.654. The first-order chi connectivity index (χ1) is 9.08. The average Bonchev–Trinajstić information content (AvgIpc) is 2.42. The first-order valence-corrected chi connectivity index (χ1v) is 7.32. The van der Waals surface area contributed by atoms with E-state index in [4.69, 9.17) is 10.5 Å². The van der Waals surface area contributed by atoms with Gasteiger partial charge in [0.15, 0.2) is 0 Å². The maximum atomic E-state index is 11.0. The Balaban J connectivity index is 2.51. The van der Waals surface area contributed by atoms with E-state index in [-0.39, 0.29) is 12.0 Å². The lowest BCUT2D eigenvalue weighted by molar-refractivity contribution is -0.140. The van der Waals surface area contributed by atoms with Crippen LogP contribution >= 0.6 is 22.6 Å². The molecule has 0 saturated heterocycles. The van der Waals surface area contributed by atoms with Gasteiger partial charge in [0.2, 0.25) is 0 Å². The molecule has 1 aromatic rings. The summed E-state index contributed by atoms with van der Waals surface area (Å²) in [5.41, 5.74) is 7.21. The Morgan fingerprint density at radius 1 is 1.37 bits per heavy atom. The molecule has 0 aromatic heterocycles. The highest BCUT2D eigenvalue weighted by Gasteiger charge is 2.12. The van der Waals surface area contributed by atoms with Crippen LogP contribution in [0.2, 0.25) is 0 Å². The van der Waals surface area contributed by atoms with Crippen molar-refractivity contribution in [1.82, 2.24) is 0 Å². The van der Waals surface area contributed by atoms with Crippen LogP contribution in [0, 0.1) is 3.57 Å². The molecule has 19 heavy (non-hydrogen) atoms. The second-order valence-corrected chi connectivity index (χ2v) is 5.56. The van der Waals surface area contributed by atoms with Gasteiger partial charge in [-0.1, -0.05) is 6.42 Å². The number of carbonyl (C=O) groups excluding carboxylic acids is 1. The molecule has 1 atom stereocenters. The summed E-state index contributed by atoms with van der Waals surface area (Å²) in [6.07, 6.45) is 2.97. The number of ether oxygens (including phenoxy) is 2. The Morgan fingerprint density at radius 2 is 2.11 bits per heavy atom. The van der Waals surface area contributed by atoms with Gasteiger partial charge in [0.25, 0.3) is 0 Å². The van der Waals surface area contributed by atoms with E-state index in [0.29, 0.717) is 6.42 Å². The van der Waals surface area contributed by atoms with Crippen LogP contribution in [0.1, 0.15) is 37.3 Å². The molecule has 0 fully saturated rings. The van der Waals surface area contributed by atoms with Crippen molar-refractivity contribution in [2.75, 3.05) is 14.2 Å². The number of halogens is 1. The summed E-state index contributed by atoms with van der Waals surface area (Å²) in [5, 5.41) is 0. The van der Waals surface area contributed by atoms with Crippen molar-refractivity contribution in [3.8, 4) is 5.75 Å². The molecule has 1 aromatic carbocycles. The van der Waals surface area contributed by atoms with Gasteiger partial charge in [-0.25, -0.2) is 0 Å². The number of nitrogens with two attached hydrogens (primary N) is 1. The maximum absolute atomic E-state index is 11.0. The zero-order chi connectivity index (χ0) is 14.3. The molecule has 0 spiro atoms. The molecule has 0 bridgehead atoms. The van der Waals surface area contributed by atoms with Crippen LogP contribution in [0.15, 0.2) is 18.2 Å². The largest absolute Gasteiger partial charge is 0.496 e. The highest BCUT2D eigenvalue weighted by molar-refractivity contribution is 14.1. The van der Waals surface area contributed by atoms with E-state index >= 15 is 0 Å². The Bertz CT molecular complexity index is 423. The number of hydrogen-bond acceptors (Lipinski definition) is 4. The van der Waals surface area contributed by atoms with E-state index in [0.717, 1.165) is 34.1 Å². The minimum absolute atomic E-state index is 0.0673. The van der Waals surface area contributed by atoms with Gasteiger partial charge in [0, 0.05) is 21.6 Å². The van der Waals surface area contributed by atoms with Gasteiger partial charge in [-0.15, -0.1) is 0 Å². The van der Waals surface area contributed by atoms with Crippen LogP contribution in [0.4, 0.5) is 0 Å². The number of esters is 1. The van der Waals surface area contributed by atoms with Crippen molar-refractivity contribution in [2.24, 2.45) is 5.73 Å². The molecule has 106 valence electrons. The van der Waals surface area contributed by atoms with Crippen molar-refractivity contribution in [1.29, 1.82) is 0 Å². The average molecular weight is 377 g/mol. The van der Waals surface area contributed by atoms with Gasteiger partial charge in [-0.3, -0.25) is 4.79 Å². The number of carbonyl (C=O) groups is 1. The van der Waals surface area contributed by atoms with Gasteiger partial charge in [-0.05, 0) is 53.6 Å². The van der Waals surface area contributed by atoms with Crippen molar-refractivity contribution in [2.45, 2.75) is 31.7 Å². The van der Waals surface area contributed by atoms with Crippen molar-refractivity contribution in [3.63, 3.8) is 0 Å². The van der Waals surface area contributed by atoms with Gasteiger partial charge < -0.3 is 15.2 Å². The molecule has 0 radical (unpaired) electrons. The summed E-state index contributed by atoms with van der Waals surface area (Å²) in [7, 11) is 3.06. The highest BCUT2D eigenvalue weighted by Crippen LogP contribution is 2.28. The number of unbranched alkanes of at least 4 members (excludes halogenated alkanes) is 1. The number of rotatable bonds is 7. The lowest BCUT2D eigenvalue weighted by Gasteiger charge is -2.16. The molecule has 1 unspecified atom stereocenters. The van der Waals surface area contributed by atoms with Crippen LogP contribution in [-0.4, -0.2) is 20.2 Å².